The Bertz CT molecular complexity index is 571. The van der Waals surface area contributed by atoms with Crippen LogP contribution in [0.2, 0.25) is 0 Å². The zero-order valence-corrected chi connectivity index (χ0v) is 11.9. The fourth-order valence-electron chi connectivity index (χ4n) is 2.49. The van der Waals surface area contributed by atoms with Gasteiger partial charge in [0.2, 0.25) is 0 Å². The van der Waals surface area contributed by atoms with Crippen molar-refractivity contribution in [3.8, 4) is 11.3 Å². The highest BCUT2D eigenvalue weighted by molar-refractivity contribution is 9.10. The largest absolute Gasteiger partial charge is 0.326 e. The van der Waals surface area contributed by atoms with Gasteiger partial charge in [-0.1, -0.05) is 29.8 Å². The predicted molar refractivity (Wildman–Crippen MR) is 76.4 cm³/mol. The number of aromatic nitrogens is 2. The minimum absolute atomic E-state index is 0.244. The Morgan fingerprint density at radius 3 is 2.78 bits per heavy atom. The van der Waals surface area contributed by atoms with Gasteiger partial charge in [-0.05, 0) is 35.7 Å². The molecule has 2 aromatic rings. The molecule has 1 atom stereocenters. The summed E-state index contributed by atoms with van der Waals surface area (Å²) < 4.78 is 3.09. The number of aryl methyl sites for hydroxylation is 1. The van der Waals surface area contributed by atoms with Crippen molar-refractivity contribution in [2.24, 2.45) is 5.73 Å². The Labute approximate surface area is 115 Å². The van der Waals surface area contributed by atoms with Crippen LogP contribution in [0.25, 0.3) is 11.3 Å². The van der Waals surface area contributed by atoms with E-state index in [9.17, 15) is 0 Å². The summed E-state index contributed by atoms with van der Waals surface area (Å²) in [6.07, 6.45) is 2.04. The van der Waals surface area contributed by atoms with Gasteiger partial charge in [0.05, 0.1) is 5.69 Å². The van der Waals surface area contributed by atoms with Crippen LogP contribution < -0.4 is 5.73 Å². The van der Waals surface area contributed by atoms with Gasteiger partial charge in [0.25, 0.3) is 0 Å². The van der Waals surface area contributed by atoms with E-state index < -0.39 is 0 Å². The Morgan fingerprint density at radius 2 is 2.06 bits per heavy atom. The van der Waals surface area contributed by atoms with Crippen molar-refractivity contribution in [2.45, 2.75) is 32.4 Å². The average Bonchev–Trinajstić information content (AvgIpc) is 2.68. The number of fused-ring (bicyclic) bond motifs is 1. The highest BCUT2D eigenvalue weighted by Crippen LogP contribution is 2.30. The molecule has 3 nitrogen and oxygen atoms in total. The quantitative estimate of drug-likeness (QED) is 0.880. The van der Waals surface area contributed by atoms with Crippen LogP contribution in [0, 0.1) is 6.92 Å². The molecule has 2 N–H and O–H groups in total. The van der Waals surface area contributed by atoms with Crippen LogP contribution >= 0.6 is 15.9 Å². The van der Waals surface area contributed by atoms with Crippen molar-refractivity contribution >= 4 is 15.9 Å². The Hall–Kier alpha value is -1.13. The molecule has 0 spiro atoms. The molecular weight excluding hydrogens is 290 g/mol. The molecule has 0 fully saturated rings. The lowest BCUT2D eigenvalue weighted by molar-refractivity contribution is 0.455. The highest BCUT2D eigenvalue weighted by Gasteiger charge is 2.22. The van der Waals surface area contributed by atoms with Crippen molar-refractivity contribution in [3.05, 3.63) is 40.3 Å². The highest BCUT2D eigenvalue weighted by atomic mass is 79.9. The number of rotatable bonds is 1. The zero-order chi connectivity index (χ0) is 12.7. The van der Waals surface area contributed by atoms with Gasteiger partial charge in [-0.2, -0.15) is 0 Å². The molecule has 18 heavy (non-hydrogen) atoms. The minimum Gasteiger partial charge on any atom is -0.326 e. The van der Waals surface area contributed by atoms with Crippen LogP contribution in [0.1, 0.15) is 17.7 Å². The van der Waals surface area contributed by atoms with E-state index in [2.05, 4.69) is 56.7 Å². The smallest absolute Gasteiger partial charge is 0.177 e. The first-order valence-corrected chi connectivity index (χ1v) is 7.02. The number of hydrogen-bond donors (Lipinski definition) is 1. The van der Waals surface area contributed by atoms with Crippen LogP contribution in [0.4, 0.5) is 0 Å². The molecule has 0 saturated carbocycles. The van der Waals surface area contributed by atoms with Gasteiger partial charge in [-0.25, -0.2) is 4.98 Å². The van der Waals surface area contributed by atoms with E-state index >= 15 is 0 Å². The molecule has 0 bridgehead atoms. The fraction of sp³-hybridized carbons (Fsp3) is 0.357. The van der Waals surface area contributed by atoms with Gasteiger partial charge in [-0.3, -0.25) is 0 Å². The summed E-state index contributed by atoms with van der Waals surface area (Å²) in [6, 6.07) is 8.78. The summed E-state index contributed by atoms with van der Waals surface area (Å²) in [4.78, 5) is 4.65. The van der Waals surface area contributed by atoms with Crippen LogP contribution in [0.5, 0.6) is 0 Å². The van der Waals surface area contributed by atoms with Gasteiger partial charge >= 0.3 is 0 Å². The van der Waals surface area contributed by atoms with E-state index in [-0.39, 0.29) is 6.04 Å². The van der Waals surface area contributed by atoms with Gasteiger partial charge in [0.1, 0.15) is 0 Å². The molecule has 0 amide bonds. The van der Waals surface area contributed by atoms with Crippen LogP contribution in [0.3, 0.4) is 0 Å². The third kappa shape index (κ3) is 1.99. The molecule has 1 aromatic carbocycles. The second-order valence-corrected chi connectivity index (χ2v) is 5.66. The van der Waals surface area contributed by atoms with Crippen LogP contribution in [-0.2, 0) is 13.0 Å². The maximum atomic E-state index is 6.02. The lowest BCUT2D eigenvalue weighted by Crippen LogP contribution is -2.31. The number of imidazole rings is 1. The molecule has 3 rings (SSSR count). The zero-order valence-electron chi connectivity index (χ0n) is 10.4. The van der Waals surface area contributed by atoms with E-state index in [1.54, 1.807) is 0 Å². The molecule has 2 heterocycles. The van der Waals surface area contributed by atoms with Crippen molar-refractivity contribution in [2.75, 3.05) is 0 Å². The summed E-state index contributed by atoms with van der Waals surface area (Å²) >= 11 is 3.54. The number of hydrogen-bond acceptors (Lipinski definition) is 2. The fourth-order valence-corrected chi connectivity index (χ4v) is 3.02. The van der Waals surface area contributed by atoms with E-state index in [4.69, 9.17) is 5.73 Å². The predicted octanol–water partition coefficient (Wildman–Crippen LogP) is 2.89. The van der Waals surface area contributed by atoms with Crippen LogP contribution in [-0.4, -0.2) is 15.6 Å². The normalized spacial score (nSPS) is 18.7. The van der Waals surface area contributed by atoms with Crippen molar-refractivity contribution < 1.29 is 0 Å². The maximum Gasteiger partial charge on any atom is 0.177 e. The molecular formula is C14H16BrN3. The van der Waals surface area contributed by atoms with E-state index in [1.165, 1.54) is 16.8 Å². The van der Waals surface area contributed by atoms with Gasteiger partial charge in [0.15, 0.2) is 4.73 Å². The van der Waals surface area contributed by atoms with Gasteiger partial charge in [-0.15, -0.1) is 0 Å². The van der Waals surface area contributed by atoms with E-state index in [0.29, 0.717) is 0 Å². The van der Waals surface area contributed by atoms with Gasteiger partial charge in [0, 0.05) is 23.8 Å². The Morgan fingerprint density at radius 1 is 1.33 bits per heavy atom. The monoisotopic (exact) mass is 305 g/mol. The molecule has 0 aliphatic carbocycles. The summed E-state index contributed by atoms with van der Waals surface area (Å²) in [5.41, 5.74) is 10.9. The first kappa shape index (κ1) is 11.9. The molecule has 94 valence electrons. The average molecular weight is 306 g/mol. The Kier molecular flexibility index (Phi) is 2.99. The molecule has 1 aliphatic heterocycles. The Balaban J connectivity index is 2.08. The second-order valence-electron chi connectivity index (χ2n) is 4.95. The first-order chi connectivity index (χ1) is 8.65. The summed E-state index contributed by atoms with van der Waals surface area (Å²) in [5, 5.41) is 0. The minimum atomic E-state index is 0.244. The maximum absolute atomic E-state index is 6.02. The lowest BCUT2D eigenvalue weighted by Gasteiger charge is -2.21. The van der Waals surface area contributed by atoms with Crippen molar-refractivity contribution in [1.29, 1.82) is 0 Å². The molecule has 4 heteroatoms. The molecule has 1 unspecified atom stereocenters. The summed E-state index contributed by atoms with van der Waals surface area (Å²) in [6.45, 7) is 2.95. The summed E-state index contributed by atoms with van der Waals surface area (Å²) in [7, 11) is 0. The topological polar surface area (TPSA) is 43.8 Å². The number of halogens is 1. The summed E-state index contributed by atoms with van der Waals surface area (Å²) in [5.74, 6) is 0. The SMILES string of the molecule is Cc1ccc(-c2nc(Br)n3c2CCC(N)C3)cc1. The third-order valence-electron chi connectivity index (χ3n) is 3.52. The van der Waals surface area contributed by atoms with Crippen LogP contribution in [0.15, 0.2) is 29.0 Å². The lowest BCUT2D eigenvalue weighted by atomic mass is 10.0. The number of nitrogens with zero attached hydrogens (tertiary/aromatic N) is 2. The first-order valence-electron chi connectivity index (χ1n) is 6.22. The van der Waals surface area contributed by atoms with E-state index in [1.807, 2.05) is 0 Å². The standard InChI is InChI=1S/C14H16BrN3/c1-9-2-4-10(5-3-9)13-12-7-6-11(16)8-18(12)14(15)17-13/h2-5,11H,6-8,16H2,1H3. The van der Waals surface area contributed by atoms with Crippen molar-refractivity contribution in [3.63, 3.8) is 0 Å². The molecule has 1 aromatic heterocycles. The van der Waals surface area contributed by atoms with Gasteiger partial charge < -0.3 is 10.3 Å². The molecule has 0 saturated heterocycles. The molecule has 1 aliphatic rings. The van der Waals surface area contributed by atoms with Crippen molar-refractivity contribution in [1.82, 2.24) is 9.55 Å². The second kappa shape index (κ2) is 4.52. The molecule has 0 radical (unpaired) electrons. The van der Waals surface area contributed by atoms with E-state index in [0.717, 1.165) is 29.8 Å². The number of nitrogens with two attached hydrogens (primary N) is 1. The third-order valence-corrected chi connectivity index (χ3v) is 4.13. The number of benzene rings is 1.